The van der Waals surface area contributed by atoms with Crippen molar-refractivity contribution in [1.82, 2.24) is 4.90 Å². The normalized spacial score (nSPS) is 10.8. The fraction of sp³-hybridized carbons (Fsp3) is 0.304. The Morgan fingerprint density at radius 1 is 1.06 bits per heavy atom. The van der Waals surface area contributed by atoms with Gasteiger partial charge in [0.25, 0.3) is 15.9 Å². The lowest BCUT2D eigenvalue weighted by Crippen LogP contribution is -2.35. The number of rotatable bonds is 11. The number of hydrogen-bond donors (Lipinski definition) is 1. The Morgan fingerprint density at radius 2 is 1.72 bits per heavy atom. The summed E-state index contributed by atoms with van der Waals surface area (Å²) in [6, 6.07) is 12.0. The Morgan fingerprint density at radius 3 is 2.31 bits per heavy atom. The summed E-state index contributed by atoms with van der Waals surface area (Å²) >= 11 is 0. The molecule has 2 aromatic carbocycles. The van der Waals surface area contributed by atoms with E-state index in [-0.39, 0.29) is 22.1 Å². The van der Waals surface area contributed by atoms with E-state index in [1.165, 1.54) is 29.2 Å². The van der Waals surface area contributed by atoms with Gasteiger partial charge in [-0.25, -0.2) is 13.2 Å². The van der Waals surface area contributed by atoms with Crippen LogP contribution in [0.25, 0.3) is 0 Å². The van der Waals surface area contributed by atoms with Crippen LogP contribution in [0.5, 0.6) is 5.75 Å². The van der Waals surface area contributed by atoms with Crippen LogP contribution in [0.4, 0.5) is 5.69 Å². The number of benzene rings is 2. The summed E-state index contributed by atoms with van der Waals surface area (Å²) in [5.74, 6) is -0.626. The van der Waals surface area contributed by atoms with E-state index in [1.807, 2.05) is 13.8 Å². The molecule has 0 heterocycles. The average Bonchev–Trinajstić information content (AvgIpc) is 2.76. The van der Waals surface area contributed by atoms with Gasteiger partial charge in [-0.2, -0.15) is 0 Å². The molecule has 0 spiro atoms. The molecular formula is C23H28N2O6S. The van der Waals surface area contributed by atoms with Crippen LogP contribution in [0.3, 0.4) is 0 Å². The van der Waals surface area contributed by atoms with Gasteiger partial charge in [0, 0.05) is 13.1 Å². The van der Waals surface area contributed by atoms with Crippen molar-refractivity contribution in [1.29, 1.82) is 0 Å². The molecule has 0 bridgehead atoms. The summed E-state index contributed by atoms with van der Waals surface area (Å²) in [6.45, 7) is 10.0. The molecule has 8 nitrogen and oxygen atoms in total. The van der Waals surface area contributed by atoms with Crippen LogP contribution in [0.1, 0.15) is 31.1 Å². The van der Waals surface area contributed by atoms with Gasteiger partial charge in [0.2, 0.25) is 0 Å². The molecule has 0 fully saturated rings. The van der Waals surface area contributed by atoms with E-state index in [1.54, 1.807) is 31.2 Å². The predicted molar refractivity (Wildman–Crippen MR) is 122 cm³/mol. The number of carbonyl (C=O) groups excluding carboxylic acids is 2. The molecule has 0 aliphatic carbocycles. The minimum atomic E-state index is -3.96. The van der Waals surface area contributed by atoms with Crippen molar-refractivity contribution in [3.8, 4) is 5.75 Å². The zero-order chi connectivity index (χ0) is 23.7. The fourth-order valence-corrected chi connectivity index (χ4v) is 3.91. The van der Waals surface area contributed by atoms with Crippen LogP contribution in [-0.2, 0) is 19.6 Å². The summed E-state index contributed by atoms with van der Waals surface area (Å²) in [5.41, 5.74) is 0.853. The maximum Gasteiger partial charge on any atom is 0.340 e. The first-order valence-electron chi connectivity index (χ1n) is 10.1. The van der Waals surface area contributed by atoms with Gasteiger partial charge in [-0.1, -0.05) is 24.3 Å². The number of esters is 1. The molecule has 172 valence electrons. The van der Waals surface area contributed by atoms with E-state index >= 15 is 0 Å². The van der Waals surface area contributed by atoms with Gasteiger partial charge >= 0.3 is 5.97 Å². The number of anilines is 1. The van der Waals surface area contributed by atoms with Crippen LogP contribution >= 0.6 is 0 Å². The van der Waals surface area contributed by atoms with Crippen LogP contribution in [0.15, 0.2) is 65.6 Å². The largest absolute Gasteiger partial charge is 0.494 e. The zero-order valence-corrected chi connectivity index (χ0v) is 19.3. The molecule has 0 radical (unpaired) electrons. The van der Waals surface area contributed by atoms with Crippen LogP contribution in [-0.4, -0.2) is 51.5 Å². The Hall–Kier alpha value is -3.33. The predicted octanol–water partition coefficient (Wildman–Crippen LogP) is 3.47. The second-order valence-electron chi connectivity index (χ2n) is 7.00. The van der Waals surface area contributed by atoms with Gasteiger partial charge in [0.1, 0.15) is 5.75 Å². The minimum Gasteiger partial charge on any atom is -0.494 e. The summed E-state index contributed by atoms with van der Waals surface area (Å²) in [4.78, 5) is 26.4. The minimum absolute atomic E-state index is 0.00207. The highest BCUT2D eigenvalue weighted by atomic mass is 32.2. The lowest BCUT2D eigenvalue weighted by atomic mass is 10.2. The number of nitrogens with one attached hydrogen (secondary N) is 1. The van der Waals surface area contributed by atoms with Gasteiger partial charge in [0.15, 0.2) is 6.61 Å². The Kier molecular flexibility index (Phi) is 8.83. The molecular weight excluding hydrogens is 432 g/mol. The molecule has 0 unspecified atom stereocenters. The monoisotopic (exact) mass is 460 g/mol. The van der Waals surface area contributed by atoms with Gasteiger partial charge in [-0.3, -0.25) is 9.52 Å². The molecule has 9 heteroatoms. The first-order valence-corrected chi connectivity index (χ1v) is 11.6. The van der Waals surface area contributed by atoms with Crippen molar-refractivity contribution in [2.24, 2.45) is 0 Å². The molecule has 0 aliphatic heterocycles. The van der Waals surface area contributed by atoms with E-state index in [9.17, 15) is 18.0 Å². The first kappa shape index (κ1) is 24.9. The lowest BCUT2D eigenvalue weighted by Gasteiger charge is -2.20. The molecule has 0 aromatic heterocycles. The smallest absolute Gasteiger partial charge is 0.340 e. The second kappa shape index (κ2) is 11.3. The van der Waals surface area contributed by atoms with Crippen molar-refractivity contribution in [2.45, 2.75) is 25.7 Å². The number of amides is 1. The second-order valence-corrected chi connectivity index (χ2v) is 8.68. The molecule has 0 atom stereocenters. The highest BCUT2D eigenvalue weighted by Gasteiger charge is 2.21. The van der Waals surface area contributed by atoms with Crippen LogP contribution in [0, 0.1) is 0 Å². The fourth-order valence-electron chi connectivity index (χ4n) is 2.83. The molecule has 1 amide bonds. The average molecular weight is 461 g/mol. The highest BCUT2D eigenvalue weighted by Crippen LogP contribution is 2.22. The Labute approximate surface area is 188 Å². The Balaban J connectivity index is 2.13. The van der Waals surface area contributed by atoms with E-state index in [4.69, 9.17) is 9.47 Å². The molecule has 0 saturated heterocycles. The maximum absolute atomic E-state index is 12.8. The molecule has 2 rings (SSSR count). The first-order chi connectivity index (χ1) is 15.2. The number of sulfonamides is 1. The maximum atomic E-state index is 12.8. The standard InChI is InChI=1S/C23H28N2O6S/c1-5-25(15-17(3)4)22(26)16-31-23(27)20-9-7-8-10-21(20)24-32(28,29)19-13-11-18(12-14-19)30-6-2/h7-14,24H,3,5-6,15-16H2,1-2,4H3. The molecule has 2 aromatic rings. The van der Waals surface area contributed by atoms with Gasteiger partial charge in [0.05, 0.1) is 22.8 Å². The number of nitrogens with zero attached hydrogens (tertiary/aromatic N) is 1. The molecule has 32 heavy (non-hydrogen) atoms. The number of hydrogen-bond acceptors (Lipinski definition) is 6. The molecule has 0 saturated carbocycles. The van der Waals surface area contributed by atoms with Crippen molar-refractivity contribution in [3.63, 3.8) is 0 Å². The summed E-state index contributed by atoms with van der Waals surface area (Å²) in [5, 5.41) is 0. The van der Waals surface area contributed by atoms with Crippen molar-refractivity contribution in [3.05, 3.63) is 66.2 Å². The van der Waals surface area contributed by atoms with Crippen LogP contribution in [0.2, 0.25) is 0 Å². The topological polar surface area (TPSA) is 102 Å². The Bertz CT molecular complexity index is 1060. The third-order valence-corrected chi connectivity index (χ3v) is 5.74. The van der Waals surface area contributed by atoms with E-state index in [0.717, 1.165) is 5.57 Å². The van der Waals surface area contributed by atoms with E-state index in [0.29, 0.717) is 25.4 Å². The number of para-hydroxylation sites is 1. The van der Waals surface area contributed by atoms with Crippen molar-refractivity contribution < 1.29 is 27.5 Å². The van der Waals surface area contributed by atoms with Crippen molar-refractivity contribution in [2.75, 3.05) is 31.0 Å². The molecule has 0 aliphatic rings. The SMILES string of the molecule is C=C(C)CN(CC)C(=O)COC(=O)c1ccccc1NS(=O)(=O)c1ccc(OCC)cc1. The summed E-state index contributed by atoms with van der Waals surface area (Å²) in [6.07, 6.45) is 0. The third kappa shape index (κ3) is 6.84. The lowest BCUT2D eigenvalue weighted by molar-refractivity contribution is -0.133. The van der Waals surface area contributed by atoms with E-state index < -0.39 is 22.6 Å². The highest BCUT2D eigenvalue weighted by molar-refractivity contribution is 7.92. The van der Waals surface area contributed by atoms with E-state index in [2.05, 4.69) is 11.3 Å². The number of carbonyl (C=O) groups is 2. The van der Waals surface area contributed by atoms with Gasteiger partial charge in [-0.05, 0) is 57.2 Å². The van der Waals surface area contributed by atoms with Crippen molar-refractivity contribution >= 4 is 27.6 Å². The van der Waals surface area contributed by atoms with Crippen LogP contribution < -0.4 is 9.46 Å². The quantitative estimate of drug-likeness (QED) is 0.407. The number of ether oxygens (including phenoxy) is 2. The number of likely N-dealkylation sites (N-methyl/N-ethyl adjacent to an activating group) is 1. The third-order valence-electron chi connectivity index (χ3n) is 4.36. The summed E-state index contributed by atoms with van der Waals surface area (Å²) < 4.78 is 38.4. The van der Waals surface area contributed by atoms with Gasteiger partial charge in [-0.15, -0.1) is 0 Å². The summed E-state index contributed by atoms with van der Waals surface area (Å²) in [7, 11) is -3.96. The molecule has 1 N–H and O–H groups in total. The zero-order valence-electron chi connectivity index (χ0n) is 18.5. The van der Waals surface area contributed by atoms with Gasteiger partial charge < -0.3 is 14.4 Å².